The molecule has 0 bridgehead atoms. The highest BCUT2D eigenvalue weighted by Crippen LogP contribution is 2.48. The van der Waals surface area contributed by atoms with Crippen molar-refractivity contribution in [3.63, 3.8) is 0 Å². The number of nitrogens with zero attached hydrogens (tertiary/aromatic N) is 2. The second-order valence-corrected chi connectivity index (χ2v) is 10.5. The van der Waals surface area contributed by atoms with Gasteiger partial charge >= 0.3 is 5.97 Å². The van der Waals surface area contributed by atoms with Crippen LogP contribution in [0.4, 0.5) is 11.4 Å². The third-order valence-corrected chi connectivity index (χ3v) is 7.17. The van der Waals surface area contributed by atoms with Crippen LogP contribution in [0.5, 0.6) is 0 Å². The number of hydrogen-bond donors (Lipinski definition) is 1. The summed E-state index contributed by atoms with van der Waals surface area (Å²) in [5.74, 6) is 0.0543. The average molecular weight is 422 g/mol. The lowest BCUT2D eigenvalue weighted by atomic mass is 9.83. The highest BCUT2D eigenvalue weighted by atomic mass is 32.2. The fraction of sp³-hybridized carbons (Fsp3) is 0.667. The van der Waals surface area contributed by atoms with Crippen LogP contribution in [0.3, 0.4) is 0 Å². The molecule has 3 fully saturated rings. The molecule has 1 aromatic carbocycles. The molecule has 1 aromatic rings. The molecule has 29 heavy (non-hydrogen) atoms. The largest absolute Gasteiger partial charge is 0.462 e. The Bertz CT molecular complexity index is 826. The Kier molecular flexibility index (Phi) is 5.75. The maximum atomic E-state index is 12.3. The number of hydrogen-bond acceptors (Lipinski definition) is 6. The van der Waals surface area contributed by atoms with Gasteiger partial charge in [-0.05, 0) is 43.5 Å². The molecule has 1 saturated carbocycles. The number of nitrogens with one attached hydrogen (secondary N) is 1. The number of rotatable bonds is 6. The Hall–Kier alpha value is -1.80. The SMILES string of the molecule is CS(=O)(=O)Nc1ccc(N2CCN(CC[C@H]3CC4(CCCC4)C(=O)O3)CC2)cc1. The molecule has 1 N–H and O–H groups in total. The molecule has 2 saturated heterocycles. The summed E-state index contributed by atoms with van der Waals surface area (Å²) in [7, 11) is -3.25. The van der Waals surface area contributed by atoms with Crippen molar-refractivity contribution in [2.75, 3.05) is 48.6 Å². The smallest absolute Gasteiger partial charge is 0.312 e. The molecule has 0 unspecified atom stereocenters. The first-order valence-corrected chi connectivity index (χ1v) is 12.5. The first-order chi connectivity index (χ1) is 13.8. The summed E-state index contributed by atoms with van der Waals surface area (Å²) >= 11 is 0. The van der Waals surface area contributed by atoms with Crippen LogP contribution in [0, 0.1) is 5.41 Å². The number of carbonyl (C=O) groups is 1. The molecule has 4 rings (SSSR count). The maximum Gasteiger partial charge on any atom is 0.312 e. The molecule has 1 atom stereocenters. The standard InChI is InChI=1S/C21H31N3O4S/c1-29(26,27)22-17-4-6-18(7-5-17)24-14-12-23(13-15-24)11-8-19-16-21(20(25)28-19)9-2-3-10-21/h4-7,19,22H,2-3,8-16H2,1H3/t19-/m0/s1. The number of esters is 1. The van der Waals surface area contributed by atoms with Gasteiger partial charge in [-0.2, -0.15) is 0 Å². The molecule has 8 heteroatoms. The normalized spacial score (nSPS) is 24.8. The van der Waals surface area contributed by atoms with E-state index in [2.05, 4.69) is 14.5 Å². The van der Waals surface area contributed by atoms with Gasteiger partial charge in [-0.1, -0.05) is 12.8 Å². The molecular weight excluding hydrogens is 390 g/mol. The van der Waals surface area contributed by atoms with Crippen molar-refractivity contribution in [1.82, 2.24) is 4.90 Å². The van der Waals surface area contributed by atoms with Crippen LogP contribution in [0.2, 0.25) is 0 Å². The van der Waals surface area contributed by atoms with Crippen LogP contribution in [0.25, 0.3) is 0 Å². The van der Waals surface area contributed by atoms with Gasteiger partial charge in [0.05, 0.1) is 11.7 Å². The molecule has 160 valence electrons. The van der Waals surface area contributed by atoms with E-state index in [1.165, 1.54) is 0 Å². The van der Waals surface area contributed by atoms with Gasteiger partial charge in [-0.15, -0.1) is 0 Å². The summed E-state index contributed by atoms with van der Waals surface area (Å²) in [6.07, 6.45) is 7.44. The van der Waals surface area contributed by atoms with Crippen molar-refractivity contribution in [2.45, 2.75) is 44.6 Å². The van der Waals surface area contributed by atoms with Crippen LogP contribution in [0.1, 0.15) is 38.5 Å². The van der Waals surface area contributed by atoms with Gasteiger partial charge < -0.3 is 9.64 Å². The molecule has 1 aliphatic carbocycles. The van der Waals surface area contributed by atoms with Crippen molar-refractivity contribution < 1.29 is 17.9 Å². The molecule has 7 nitrogen and oxygen atoms in total. The minimum Gasteiger partial charge on any atom is -0.462 e. The molecule has 0 aromatic heterocycles. The zero-order chi connectivity index (χ0) is 20.5. The highest BCUT2D eigenvalue weighted by Gasteiger charge is 2.50. The van der Waals surface area contributed by atoms with E-state index >= 15 is 0 Å². The van der Waals surface area contributed by atoms with Gasteiger partial charge in [0.25, 0.3) is 0 Å². The fourth-order valence-electron chi connectivity index (χ4n) is 4.97. The Morgan fingerprint density at radius 2 is 1.76 bits per heavy atom. The summed E-state index contributed by atoms with van der Waals surface area (Å²) in [5.41, 5.74) is 1.54. The van der Waals surface area contributed by atoms with Crippen molar-refractivity contribution in [2.24, 2.45) is 5.41 Å². The van der Waals surface area contributed by atoms with Crippen LogP contribution < -0.4 is 9.62 Å². The first kappa shape index (κ1) is 20.5. The van der Waals surface area contributed by atoms with Gasteiger partial charge in [-0.3, -0.25) is 14.4 Å². The average Bonchev–Trinajstić information content (AvgIpc) is 3.27. The molecule has 1 spiro atoms. The summed E-state index contributed by atoms with van der Waals surface area (Å²) < 4.78 is 30.8. The summed E-state index contributed by atoms with van der Waals surface area (Å²) in [6, 6.07) is 7.52. The second-order valence-electron chi connectivity index (χ2n) is 8.76. The Morgan fingerprint density at radius 3 is 2.38 bits per heavy atom. The molecule has 0 radical (unpaired) electrons. The topological polar surface area (TPSA) is 79.0 Å². The van der Waals surface area contributed by atoms with E-state index in [4.69, 9.17) is 4.74 Å². The summed E-state index contributed by atoms with van der Waals surface area (Å²) in [5, 5.41) is 0. The van der Waals surface area contributed by atoms with E-state index in [9.17, 15) is 13.2 Å². The quantitative estimate of drug-likeness (QED) is 0.711. The van der Waals surface area contributed by atoms with Crippen LogP contribution >= 0.6 is 0 Å². The van der Waals surface area contributed by atoms with Crippen molar-refractivity contribution in [3.8, 4) is 0 Å². The monoisotopic (exact) mass is 421 g/mol. The predicted octanol–water partition coefficient (Wildman–Crippen LogP) is 2.45. The lowest BCUT2D eigenvalue weighted by Gasteiger charge is -2.36. The predicted molar refractivity (Wildman–Crippen MR) is 114 cm³/mol. The Morgan fingerprint density at radius 1 is 1.10 bits per heavy atom. The van der Waals surface area contributed by atoms with E-state index < -0.39 is 10.0 Å². The van der Waals surface area contributed by atoms with Gasteiger partial charge in [0, 0.05) is 50.5 Å². The zero-order valence-corrected chi connectivity index (χ0v) is 17.9. The summed E-state index contributed by atoms with van der Waals surface area (Å²) in [4.78, 5) is 17.1. The second kappa shape index (κ2) is 8.14. The maximum absolute atomic E-state index is 12.3. The Labute approximate surface area is 173 Å². The van der Waals surface area contributed by atoms with Crippen LogP contribution in [-0.2, 0) is 19.6 Å². The lowest BCUT2D eigenvalue weighted by molar-refractivity contribution is -0.148. The summed E-state index contributed by atoms with van der Waals surface area (Å²) in [6.45, 7) is 4.81. The van der Waals surface area contributed by atoms with E-state index in [1.807, 2.05) is 12.1 Å². The lowest BCUT2D eigenvalue weighted by Crippen LogP contribution is -2.47. The molecule has 0 amide bonds. The number of piperazine rings is 1. The van der Waals surface area contributed by atoms with Crippen molar-refractivity contribution in [3.05, 3.63) is 24.3 Å². The minimum absolute atomic E-state index is 0.0543. The molecular formula is C21H31N3O4S. The number of carbonyl (C=O) groups excluding carboxylic acids is 1. The van der Waals surface area contributed by atoms with Crippen LogP contribution in [-0.4, -0.2) is 64.4 Å². The van der Waals surface area contributed by atoms with E-state index in [-0.39, 0.29) is 17.5 Å². The minimum atomic E-state index is -3.25. The third-order valence-electron chi connectivity index (χ3n) is 6.56. The molecule has 2 heterocycles. The Balaban J connectivity index is 1.22. The van der Waals surface area contributed by atoms with Crippen molar-refractivity contribution in [1.29, 1.82) is 0 Å². The highest BCUT2D eigenvalue weighted by molar-refractivity contribution is 7.92. The number of cyclic esters (lactones) is 1. The van der Waals surface area contributed by atoms with E-state index in [0.29, 0.717) is 5.69 Å². The number of anilines is 2. The zero-order valence-electron chi connectivity index (χ0n) is 17.1. The van der Waals surface area contributed by atoms with E-state index in [1.54, 1.807) is 12.1 Å². The molecule has 3 aliphatic rings. The number of sulfonamides is 1. The van der Waals surface area contributed by atoms with Gasteiger partial charge in [0.15, 0.2) is 0 Å². The third kappa shape index (κ3) is 4.86. The fourth-order valence-corrected chi connectivity index (χ4v) is 5.53. The number of ether oxygens (including phenoxy) is 1. The van der Waals surface area contributed by atoms with Gasteiger partial charge in [0.1, 0.15) is 6.10 Å². The number of benzene rings is 1. The van der Waals surface area contributed by atoms with E-state index in [0.717, 1.165) is 83.2 Å². The van der Waals surface area contributed by atoms with Crippen molar-refractivity contribution >= 4 is 27.4 Å². The van der Waals surface area contributed by atoms with Gasteiger partial charge in [-0.25, -0.2) is 8.42 Å². The first-order valence-electron chi connectivity index (χ1n) is 10.6. The van der Waals surface area contributed by atoms with Gasteiger partial charge in [0.2, 0.25) is 10.0 Å². The molecule has 2 aliphatic heterocycles. The van der Waals surface area contributed by atoms with Crippen LogP contribution in [0.15, 0.2) is 24.3 Å².